The molecule has 0 bridgehead atoms. The number of hydrogen-bond acceptors (Lipinski definition) is 7. The fourth-order valence-electron chi connectivity index (χ4n) is 2.67. The Kier molecular flexibility index (Phi) is 4.77. The van der Waals surface area contributed by atoms with Gasteiger partial charge in [0.05, 0.1) is 22.5 Å². The molecular weight excluding hydrogens is 306 g/mol. The lowest BCUT2D eigenvalue weighted by Crippen LogP contribution is -2.33. The highest BCUT2D eigenvalue weighted by Gasteiger charge is 2.33. The van der Waals surface area contributed by atoms with Crippen molar-refractivity contribution in [1.82, 2.24) is 0 Å². The van der Waals surface area contributed by atoms with Crippen LogP contribution in [0.4, 0.5) is 17.1 Å². The lowest BCUT2D eigenvalue weighted by molar-refractivity contribution is -0.392. The predicted octanol–water partition coefficient (Wildman–Crippen LogP) is 2.53. The third-order valence-electron chi connectivity index (χ3n) is 3.98. The molecule has 0 amide bonds. The van der Waals surface area contributed by atoms with E-state index >= 15 is 0 Å². The van der Waals surface area contributed by atoms with E-state index in [4.69, 9.17) is 0 Å². The van der Waals surface area contributed by atoms with Crippen molar-refractivity contribution in [2.45, 2.75) is 19.8 Å². The molecule has 1 aliphatic heterocycles. The van der Waals surface area contributed by atoms with E-state index in [1.54, 1.807) is 4.90 Å². The number of benzene rings is 1. The average molecular weight is 323 g/mol. The zero-order valence-electron chi connectivity index (χ0n) is 12.9. The van der Waals surface area contributed by atoms with Crippen LogP contribution in [0.1, 0.15) is 30.1 Å². The number of rotatable bonds is 4. The zero-order chi connectivity index (χ0) is 17.1. The summed E-state index contributed by atoms with van der Waals surface area (Å²) in [5.74, 6) is -0.381. The number of nitro benzene ring substituents is 2. The summed E-state index contributed by atoms with van der Waals surface area (Å²) < 4.78 is 4.51. The van der Waals surface area contributed by atoms with E-state index in [0.29, 0.717) is 19.0 Å². The van der Waals surface area contributed by atoms with E-state index in [-0.39, 0.29) is 11.3 Å². The second-order valence-corrected chi connectivity index (χ2v) is 5.54. The second-order valence-electron chi connectivity index (χ2n) is 5.54. The van der Waals surface area contributed by atoms with Gasteiger partial charge in [0.1, 0.15) is 0 Å². The Balaban J connectivity index is 2.60. The third-order valence-corrected chi connectivity index (χ3v) is 3.98. The quantitative estimate of drug-likeness (QED) is 0.475. The SMILES string of the molecule is COC(=O)c1cc([N+](=O)[O-])c(N2CCC(C)CC2)c([N+](=O)[O-])c1. The van der Waals surface area contributed by atoms with E-state index in [2.05, 4.69) is 11.7 Å². The van der Waals surface area contributed by atoms with Gasteiger partial charge in [-0.1, -0.05) is 6.92 Å². The highest BCUT2D eigenvalue weighted by molar-refractivity contribution is 5.94. The van der Waals surface area contributed by atoms with Crippen molar-refractivity contribution in [3.05, 3.63) is 37.9 Å². The van der Waals surface area contributed by atoms with Gasteiger partial charge >= 0.3 is 17.3 Å². The smallest absolute Gasteiger partial charge is 0.338 e. The Hall–Kier alpha value is -2.71. The molecule has 0 radical (unpaired) electrons. The Morgan fingerprint density at radius 1 is 1.17 bits per heavy atom. The lowest BCUT2D eigenvalue weighted by Gasteiger charge is -2.31. The van der Waals surface area contributed by atoms with Crippen LogP contribution in [0.5, 0.6) is 0 Å². The van der Waals surface area contributed by atoms with Gasteiger partial charge in [-0.25, -0.2) is 4.79 Å². The summed E-state index contributed by atoms with van der Waals surface area (Å²) in [5.41, 5.74) is -1.15. The van der Waals surface area contributed by atoms with Crippen molar-refractivity contribution in [2.24, 2.45) is 5.92 Å². The number of methoxy groups -OCH3 is 1. The summed E-state index contributed by atoms with van der Waals surface area (Å²) in [4.78, 5) is 34.6. The van der Waals surface area contributed by atoms with Crippen molar-refractivity contribution in [1.29, 1.82) is 0 Å². The first kappa shape index (κ1) is 16.7. The van der Waals surface area contributed by atoms with Crippen LogP contribution in [0.25, 0.3) is 0 Å². The van der Waals surface area contributed by atoms with Gasteiger partial charge in [-0.05, 0) is 18.8 Å². The molecule has 0 saturated carbocycles. The maximum atomic E-state index is 11.6. The van der Waals surface area contributed by atoms with Crippen molar-refractivity contribution >= 4 is 23.0 Å². The molecule has 1 aromatic rings. The molecule has 9 nitrogen and oxygen atoms in total. The minimum Gasteiger partial charge on any atom is -0.465 e. The molecule has 1 aliphatic rings. The van der Waals surface area contributed by atoms with Crippen molar-refractivity contribution in [3.8, 4) is 0 Å². The van der Waals surface area contributed by atoms with Gasteiger partial charge in [0.25, 0.3) is 0 Å². The monoisotopic (exact) mass is 323 g/mol. The zero-order valence-corrected chi connectivity index (χ0v) is 12.9. The van der Waals surface area contributed by atoms with E-state index in [9.17, 15) is 25.0 Å². The Morgan fingerprint density at radius 3 is 2.04 bits per heavy atom. The second kappa shape index (κ2) is 6.59. The summed E-state index contributed by atoms with van der Waals surface area (Å²) in [6.45, 7) is 3.07. The Morgan fingerprint density at radius 2 is 1.65 bits per heavy atom. The number of ether oxygens (including phenoxy) is 1. The summed E-state index contributed by atoms with van der Waals surface area (Å²) in [7, 11) is 1.11. The largest absolute Gasteiger partial charge is 0.465 e. The maximum Gasteiger partial charge on any atom is 0.338 e. The highest BCUT2D eigenvalue weighted by Crippen LogP contribution is 2.40. The number of esters is 1. The molecule has 0 atom stereocenters. The minimum absolute atomic E-state index is 0.0421. The standard InChI is InChI=1S/C14H17N3O6/c1-9-3-5-15(6-4-9)13-11(16(19)20)7-10(14(18)23-2)8-12(13)17(21)22/h7-9H,3-6H2,1-2H3. The normalized spacial score (nSPS) is 15.3. The maximum absolute atomic E-state index is 11.6. The molecule has 1 fully saturated rings. The van der Waals surface area contributed by atoms with Gasteiger partial charge in [-0.3, -0.25) is 20.2 Å². The van der Waals surface area contributed by atoms with Gasteiger partial charge < -0.3 is 9.64 Å². The fraction of sp³-hybridized carbons (Fsp3) is 0.500. The van der Waals surface area contributed by atoms with Crippen molar-refractivity contribution in [3.63, 3.8) is 0 Å². The molecule has 0 unspecified atom stereocenters. The fourth-order valence-corrected chi connectivity index (χ4v) is 2.67. The molecule has 0 aromatic heterocycles. The number of piperidine rings is 1. The molecule has 1 heterocycles. The van der Waals surface area contributed by atoms with Crippen molar-refractivity contribution in [2.75, 3.05) is 25.1 Å². The van der Waals surface area contributed by atoms with Crippen LogP contribution in [0.2, 0.25) is 0 Å². The third kappa shape index (κ3) is 3.38. The summed E-state index contributed by atoms with van der Waals surface area (Å²) in [6, 6.07) is 2.07. The van der Waals surface area contributed by atoms with E-state index < -0.39 is 27.2 Å². The van der Waals surface area contributed by atoms with Crippen LogP contribution < -0.4 is 4.90 Å². The van der Waals surface area contributed by atoms with Crippen LogP contribution in [0.3, 0.4) is 0 Å². The molecule has 0 aliphatic carbocycles. The molecule has 23 heavy (non-hydrogen) atoms. The van der Waals surface area contributed by atoms with Gasteiger partial charge in [-0.15, -0.1) is 0 Å². The number of nitrogens with zero attached hydrogens (tertiary/aromatic N) is 3. The molecule has 2 rings (SSSR count). The van der Waals surface area contributed by atoms with Gasteiger partial charge in [-0.2, -0.15) is 0 Å². The number of anilines is 1. The van der Waals surface area contributed by atoms with Gasteiger partial charge in [0.2, 0.25) is 0 Å². The van der Waals surface area contributed by atoms with Crippen LogP contribution in [-0.4, -0.2) is 36.0 Å². The highest BCUT2D eigenvalue weighted by atomic mass is 16.6. The van der Waals surface area contributed by atoms with E-state index in [1.165, 1.54) is 0 Å². The number of hydrogen-bond donors (Lipinski definition) is 0. The van der Waals surface area contributed by atoms with Crippen LogP contribution >= 0.6 is 0 Å². The summed E-state index contributed by atoms with van der Waals surface area (Å²) >= 11 is 0. The molecule has 0 spiro atoms. The Labute approximate surface area is 132 Å². The first-order valence-electron chi connectivity index (χ1n) is 7.15. The number of carbonyl (C=O) groups is 1. The first-order valence-corrected chi connectivity index (χ1v) is 7.15. The minimum atomic E-state index is -0.852. The van der Waals surface area contributed by atoms with E-state index in [1.807, 2.05) is 0 Å². The topological polar surface area (TPSA) is 116 Å². The molecule has 1 aromatic carbocycles. The van der Waals surface area contributed by atoms with Crippen LogP contribution in [0.15, 0.2) is 12.1 Å². The molecule has 1 saturated heterocycles. The van der Waals surface area contributed by atoms with E-state index in [0.717, 1.165) is 32.1 Å². The first-order chi connectivity index (χ1) is 10.8. The van der Waals surface area contributed by atoms with Crippen molar-refractivity contribution < 1.29 is 19.4 Å². The summed E-state index contributed by atoms with van der Waals surface area (Å²) in [5, 5.41) is 22.7. The Bertz CT molecular complexity index is 617. The molecule has 124 valence electrons. The van der Waals surface area contributed by atoms with Crippen LogP contribution in [0, 0.1) is 26.1 Å². The molecule has 0 N–H and O–H groups in total. The molecule has 9 heteroatoms. The summed E-state index contributed by atoms with van der Waals surface area (Å²) in [6.07, 6.45) is 1.60. The van der Waals surface area contributed by atoms with Gasteiger partial charge in [0, 0.05) is 25.2 Å². The average Bonchev–Trinajstić information content (AvgIpc) is 2.53. The predicted molar refractivity (Wildman–Crippen MR) is 81.7 cm³/mol. The molecular formula is C14H17N3O6. The van der Waals surface area contributed by atoms with Crippen LogP contribution in [-0.2, 0) is 4.74 Å². The number of carbonyl (C=O) groups excluding carboxylic acids is 1. The lowest BCUT2D eigenvalue weighted by atomic mass is 9.98. The number of nitro groups is 2. The van der Waals surface area contributed by atoms with Gasteiger partial charge in [0.15, 0.2) is 5.69 Å².